The van der Waals surface area contributed by atoms with Gasteiger partial charge in [-0.1, -0.05) is 11.2 Å². The van der Waals surface area contributed by atoms with E-state index in [4.69, 9.17) is 10.9 Å². The van der Waals surface area contributed by atoms with Gasteiger partial charge in [-0.15, -0.1) is 0 Å². The zero-order chi connectivity index (χ0) is 13.7. The van der Waals surface area contributed by atoms with Gasteiger partial charge in [0.15, 0.2) is 5.84 Å². The summed E-state index contributed by atoms with van der Waals surface area (Å²) in [6.45, 7) is 0.658. The first kappa shape index (κ1) is 12.8. The van der Waals surface area contributed by atoms with Gasteiger partial charge in [0.1, 0.15) is 0 Å². The Balaban J connectivity index is 2.27. The number of aromatic nitrogens is 2. The van der Waals surface area contributed by atoms with E-state index in [-0.39, 0.29) is 5.84 Å². The molecule has 3 N–H and O–H groups in total. The third kappa shape index (κ3) is 2.98. The lowest BCUT2D eigenvalue weighted by molar-refractivity contribution is 0.318. The molecule has 0 aliphatic carbocycles. The molecule has 98 valence electrons. The number of pyridine rings is 2. The molecule has 0 fully saturated rings. The van der Waals surface area contributed by atoms with Crippen molar-refractivity contribution >= 4 is 11.5 Å². The molecule has 0 atom stereocenters. The second-order valence-corrected chi connectivity index (χ2v) is 4.10. The van der Waals surface area contributed by atoms with Gasteiger partial charge < -0.3 is 15.8 Å². The molecule has 2 heterocycles. The lowest BCUT2D eigenvalue weighted by Crippen LogP contribution is -2.22. The minimum Gasteiger partial charge on any atom is -0.409 e. The summed E-state index contributed by atoms with van der Waals surface area (Å²) in [6, 6.07) is 5.59. The fourth-order valence-electron chi connectivity index (χ4n) is 1.81. The van der Waals surface area contributed by atoms with Crippen molar-refractivity contribution in [3.05, 3.63) is 54.1 Å². The number of rotatable bonds is 4. The predicted octanol–water partition coefficient (Wildman–Crippen LogP) is 1.21. The van der Waals surface area contributed by atoms with E-state index in [9.17, 15) is 0 Å². The summed E-state index contributed by atoms with van der Waals surface area (Å²) >= 11 is 0. The number of hydrogen-bond donors (Lipinski definition) is 2. The molecule has 0 saturated heterocycles. The summed E-state index contributed by atoms with van der Waals surface area (Å²) in [4.78, 5) is 10.1. The van der Waals surface area contributed by atoms with Crippen molar-refractivity contribution in [2.75, 3.05) is 11.9 Å². The van der Waals surface area contributed by atoms with Crippen LogP contribution in [0.2, 0.25) is 0 Å². The fourth-order valence-corrected chi connectivity index (χ4v) is 1.81. The van der Waals surface area contributed by atoms with Crippen molar-refractivity contribution in [2.45, 2.75) is 6.54 Å². The largest absolute Gasteiger partial charge is 0.409 e. The smallest absolute Gasteiger partial charge is 0.172 e. The van der Waals surface area contributed by atoms with E-state index in [0.29, 0.717) is 12.1 Å². The maximum Gasteiger partial charge on any atom is 0.172 e. The van der Waals surface area contributed by atoms with Gasteiger partial charge in [0, 0.05) is 37.7 Å². The van der Waals surface area contributed by atoms with E-state index in [1.165, 1.54) is 0 Å². The van der Waals surface area contributed by atoms with Crippen molar-refractivity contribution < 1.29 is 5.21 Å². The maximum atomic E-state index is 8.80. The van der Waals surface area contributed by atoms with Crippen LogP contribution in [0.5, 0.6) is 0 Å². The monoisotopic (exact) mass is 257 g/mol. The number of oxime groups is 1. The number of nitrogens with two attached hydrogens (primary N) is 1. The Morgan fingerprint density at radius 1 is 1.32 bits per heavy atom. The number of hydrogen-bond acceptors (Lipinski definition) is 5. The molecule has 0 bridgehead atoms. The first-order chi connectivity index (χ1) is 9.22. The van der Waals surface area contributed by atoms with E-state index >= 15 is 0 Å². The van der Waals surface area contributed by atoms with Crippen molar-refractivity contribution in [1.82, 2.24) is 9.97 Å². The Bertz CT molecular complexity index is 570. The van der Waals surface area contributed by atoms with Gasteiger partial charge in [-0.3, -0.25) is 9.97 Å². The maximum absolute atomic E-state index is 8.80. The minimum absolute atomic E-state index is 0.0652. The van der Waals surface area contributed by atoms with Crippen LogP contribution in [-0.2, 0) is 6.54 Å². The standard InChI is InChI=1S/C13H15N5O/c1-18(9-10-3-2-5-15-7-10)12-8-16-6-4-11(12)13(14)17-19/h2-8,19H,9H2,1H3,(H2,14,17). The molecule has 2 rings (SSSR count). The first-order valence-electron chi connectivity index (χ1n) is 5.74. The molecular weight excluding hydrogens is 242 g/mol. The van der Waals surface area contributed by atoms with Crippen LogP contribution in [-0.4, -0.2) is 28.1 Å². The fraction of sp³-hybridized carbons (Fsp3) is 0.154. The summed E-state index contributed by atoms with van der Waals surface area (Å²) in [5.41, 5.74) is 8.16. The van der Waals surface area contributed by atoms with Crippen molar-refractivity contribution in [3.8, 4) is 0 Å². The van der Waals surface area contributed by atoms with Crippen LogP contribution in [0.4, 0.5) is 5.69 Å². The Morgan fingerprint density at radius 3 is 2.79 bits per heavy atom. The molecule has 6 nitrogen and oxygen atoms in total. The summed E-state index contributed by atoms with van der Waals surface area (Å²) in [5, 5.41) is 11.8. The average Bonchev–Trinajstić information content (AvgIpc) is 2.47. The molecular formula is C13H15N5O. The number of anilines is 1. The number of nitrogens with zero attached hydrogens (tertiary/aromatic N) is 4. The van der Waals surface area contributed by atoms with Crippen LogP contribution in [0.3, 0.4) is 0 Å². The quantitative estimate of drug-likeness (QED) is 0.372. The average molecular weight is 257 g/mol. The Labute approximate surface area is 111 Å². The highest BCUT2D eigenvalue weighted by atomic mass is 16.4. The second-order valence-electron chi connectivity index (χ2n) is 4.10. The Hall–Kier alpha value is -2.63. The highest BCUT2D eigenvalue weighted by molar-refractivity contribution is 6.01. The number of amidine groups is 1. The van der Waals surface area contributed by atoms with Crippen LogP contribution in [0.25, 0.3) is 0 Å². The van der Waals surface area contributed by atoms with Gasteiger partial charge in [0.05, 0.1) is 11.9 Å². The molecule has 6 heteroatoms. The van der Waals surface area contributed by atoms with E-state index in [2.05, 4.69) is 15.1 Å². The SMILES string of the molecule is CN(Cc1cccnc1)c1cnccc1/C(N)=N/O. The van der Waals surface area contributed by atoms with Gasteiger partial charge in [-0.05, 0) is 17.7 Å². The zero-order valence-corrected chi connectivity index (χ0v) is 10.6. The lowest BCUT2D eigenvalue weighted by atomic mass is 10.2. The first-order valence-corrected chi connectivity index (χ1v) is 5.74. The topological polar surface area (TPSA) is 87.6 Å². The molecule has 0 saturated carbocycles. The molecule has 0 aromatic carbocycles. The van der Waals surface area contributed by atoms with Crippen LogP contribution >= 0.6 is 0 Å². The highest BCUT2D eigenvalue weighted by Crippen LogP contribution is 2.19. The third-order valence-corrected chi connectivity index (χ3v) is 2.74. The normalized spacial score (nSPS) is 11.3. The van der Waals surface area contributed by atoms with E-state index in [1.54, 1.807) is 30.9 Å². The van der Waals surface area contributed by atoms with Crippen LogP contribution < -0.4 is 10.6 Å². The van der Waals surface area contributed by atoms with E-state index < -0.39 is 0 Å². The Morgan fingerprint density at radius 2 is 2.11 bits per heavy atom. The van der Waals surface area contributed by atoms with Crippen molar-refractivity contribution in [3.63, 3.8) is 0 Å². The second kappa shape index (κ2) is 5.81. The van der Waals surface area contributed by atoms with Gasteiger partial charge in [-0.2, -0.15) is 0 Å². The molecule has 0 radical (unpaired) electrons. The summed E-state index contributed by atoms with van der Waals surface area (Å²) in [6.07, 6.45) is 6.82. The van der Waals surface area contributed by atoms with E-state index in [0.717, 1.165) is 11.3 Å². The van der Waals surface area contributed by atoms with Crippen LogP contribution in [0.1, 0.15) is 11.1 Å². The van der Waals surface area contributed by atoms with Crippen LogP contribution in [0, 0.1) is 0 Å². The zero-order valence-electron chi connectivity index (χ0n) is 10.6. The molecule has 19 heavy (non-hydrogen) atoms. The van der Waals surface area contributed by atoms with Gasteiger partial charge in [-0.25, -0.2) is 0 Å². The van der Waals surface area contributed by atoms with E-state index in [1.807, 2.05) is 24.1 Å². The molecule has 2 aromatic rings. The van der Waals surface area contributed by atoms with Gasteiger partial charge in [0.25, 0.3) is 0 Å². The molecule has 0 aliphatic rings. The summed E-state index contributed by atoms with van der Waals surface area (Å²) in [7, 11) is 1.91. The van der Waals surface area contributed by atoms with Gasteiger partial charge >= 0.3 is 0 Å². The van der Waals surface area contributed by atoms with Gasteiger partial charge in [0.2, 0.25) is 0 Å². The van der Waals surface area contributed by atoms with Crippen molar-refractivity contribution in [1.29, 1.82) is 0 Å². The summed E-state index contributed by atoms with van der Waals surface area (Å²) in [5.74, 6) is 0.0652. The summed E-state index contributed by atoms with van der Waals surface area (Å²) < 4.78 is 0. The van der Waals surface area contributed by atoms with Crippen LogP contribution in [0.15, 0.2) is 48.1 Å². The van der Waals surface area contributed by atoms with Crippen molar-refractivity contribution in [2.24, 2.45) is 10.9 Å². The minimum atomic E-state index is 0.0652. The molecule has 0 unspecified atom stereocenters. The molecule has 0 amide bonds. The molecule has 0 aliphatic heterocycles. The predicted molar refractivity (Wildman–Crippen MR) is 73.1 cm³/mol. The highest BCUT2D eigenvalue weighted by Gasteiger charge is 2.11. The lowest BCUT2D eigenvalue weighted by Gasteiger charge is -2.21. The third-order valence-electron chi connectivity index (χ3n) is 2.74. The Kier molecular flexibility index (Phi) is 3.92. The molecule has 2 aromatic heterocycles. The molecule has 0 spiro atoms.